The lowest BCUT2D eigenvalue weighted by Crippen LogP contribution is -2.41. The third kappa shape index (κ3) is 31.5. The number of esters is 2. The molecule has 3 unspecified atom stereocenters. The molecular weight excluding hydrogens is 719 g/mol. The number of ether oxygens (including phenoxy) is 3. The van der Waals surface area contributed by atoms with Crippen LogP contribution in [-0.2, 0) is 28.6 Å². The summed E-state index contributed by atoms with van der Waals surface area (Å²) in [5.74, 6) is -1.55. The van der Waals surface area contributed by atoms with Crippen molar-refractivity contribution in [2.45, 2.75) is 237 Å². The van der Waals surface area contributed by atoms with Crippen LogP contribution in [0.4, 0.5) is 0 Å². The van der Waals surface area contributed by atoms with Gasteiger partial charge in [0.1, 0.15) is 11.4 Å². The van der Waals surface area contributed by atoms with Gasteiger partial charge in [0, 0.05) is 19.3 Å². The predicted octanol–water partition coefficient (Wildman–Crippen LogP) is 12.5. The Balaban J connectivity index is 4.73. The van der Waals surface area contributed by atoms with Gasteiger partial charge in [-0.1, -0.05) is 180 Å². The quantitative estimate of drug-likeness (QED) is 0.0367. The fourth-order valence-electron chi connectivity index (χ4n) is 6.42. The molecular formula is C44H79NO7S2. The van der Waals surface area contributed by atoms with E-state index in [9.17, 15) is 24.8 Å². The van der Waals surface area contributed by atoms with Crippen LogP contribution < -0.4 is 0 Å². The molecule has 10 heteroatoms. The Bertz CT molecular complexity index is 1000. The number of aliphatic hydroxyl groups is 1. The van der Waals surface area contributed by atoms with Gasteiger partial charge in [0.15, 0.2) is 18.0 Å². The fourth-order valence-corrected chi connectivity index (χ4v) is 7.88. The normalized spacial score (nSPS) is 13.4. The first-order chi connectivity index (χ1) is 26.1. The first-order valence-corrected chi connectivity index (χ1v) is 23.2. The van der Waals surface area contributed by atoms with Crippen molar-refractivity contribution in [2.75, 3.05) is 13.2 Å². The number of carbonyl (C=O) groups is 3. The number of rotatable bonds is 38. The van der Waals surface area contributed by atoms with Gasteiger partial charge in [0.25, 0.3) is 0 Å². The van der Waals surface area contributed by atoms with E-state index in [2.05, 4.69) is 19.9 Å². The number of ketones is 1. The van der Waals surface area contributed by atoms with Gasteiger partial charge in [-0.25, -0.2) is 0 Å². The second kappa shape index (κ2) is 36.9. The molecule has 0 saturated carbocycles. The molecule has 1 N–H and O–H groups in total. The zero-order valence-corrected chi connectivity index (χ0v) is 36.6. The van der Waals surface area contributed by atoms with E-state index in [1.807, 2.05) is 0 Å². The minimum absolute atomic E-state index is 0.107. The van der Waals surface area contributed by atoms with Gasteiger partial charge in [-0.15, -0.1) is 0 Å². The average Bonchev–Trinajstić information content (AvgIpc) is 3.15. The van der Waals surface area contributed by atoms with E-state index in [1.165, 1.54) is 116 Å². The highest BCUT2D eigenvalue weighted by Gasteiger charge is 2.34. The number of hydrogen-bond donors (Lipinski definition) is 1. The second-order valence-electron chi connectivity index (χ2n) is 15.2. The van der Waals surface area contributed by atoms with Crippen LogP contribution in [0, 0.1) is 11.3 Å². The summed E-state index contributed by atoms with van der Waals surface area (Å²) in [6.07, 6.45) is 28.5. The van der Waals surface area contributed by atoms with Crippen molar-refractivity contribution in [1.29, 1.82) is 5.26 Å². The number of nitriles is 1. The van der Waals surface area contributed by atoms with E-state index in [0.29, 0.717) is 19.4 Å². The number of nitrogens with zero attached hydrogens (tertiary/aromatic N) is 1. The van der Waals surface area contributed by atoms with E-state index in [0.717, 1.165) is 50.3 Å². The molecule has 8 nitrogen and oxygen atoms in total. The minimum atomic E-state index is -1.68. The summed E-state index contributed by atoms with van der Waals surface area (Å²) in [5, 5.41) is 20.8. The molecule has 54 heavy (non-hydrogen) atoms. The molecule has 3 atom stereocenters. The van der Waals surface area contributed by atoms with Crippen LogP contribution in [-0.4, -0.2) is 57.4 Å². The molecule has 0 rings (SSSR count). The first-order valence-electron chi connectivity index (χ1n) is 21.9. The Labute approximate surface area is 340 Å². The van der Waals surface area contributed by atoms with Crippen molar-refractivity contribution in [3.05, 3.63) is 0 Å². The van der Waals surface area contributed by atoms with Crippen molar-refractivity contribution < 1.29 is 33.7 Å². The van der Waals surface area contributed by atoms with Crippen molar-refractivity contribution >= 4 is 46.1 Å². The van der Waals surface area contributed by atoms with Crippen molar-refractivity contribution in [3.8, 4) is 6.07 Å². The molecule has 314 valence electrons. The average molecular weight is 798 g/mol. The molecule has 0 amide bonds. The molecule has 0 fully saturated rings. The maximum atomic E-state index is 13.1. The predicted molar refractivity (Wildman–Crippen MR) is 228 cm³/mol. The lowest BCUT2D eigenvalue weighted by Gasteiger charge is -2.24. The Morgan fingerprint density at radius 1 is 0.630 bits per heavy atom. The van der Waals surface area contributed by atoms with Gasteiger partial charge < -0.3 is 19.3 Å². The maximum absolute atomic E-state index is 13.1. The SMILES string of the molecule is CCCCCCCCCCCCCCCC(=O)OCC(OC(=O)CCCCCCCCCCCCCCC)C(O)C(=O)CCC(C)(C#N)SC(=S)OCC. The van der Waals surface area contributed by atoms with Crippen LogP contribution in [0.3, 0.4) is 0 Å². The molecule has 0 bridgehead atoms. The third-order valence-corrected chi connectivity index (χ3v) is 11.4. The van der Waals surface area contributed by atoms with Crippen molar-refractivity contribution in [1.82, 2.24) is 0 Å². The summed E-state index contributed by atoms with van der Waals surface area (Å²) in [7, 11) is 0. The Morgan fingerprint density at radius 2 is 1.02 bits per heavy atom. The number of aliphatic hydroxyl groups excluding tert-OH is 1. The first kappa shape index (κ1) is 52.3. The molecule has 0 aliphatic heterocycles. The Hall–Kier alpha value is -1.70. The number of unbranched alkanes of at least 4 members (excludes halogenated alkanes) is 24. The van der Waals surface area contributed by atoms with Gasteiger partial charge in [-0.2, -0.15) is 5.26 Å². The molecule has 0 spiro atoms. The topological polar surface area (TPSA) is 123 Å². The number of thioether (sulfide) groups is 1. The summed E-state index contributed by atoms with van der Waals surface area (Å²) >= 11 is 6.23. The van der Waals surface area contributed by atoms with E-state index in [-0.39, 0.29) is 30.1 Å². The van der Waals surface area contributed by atoms with Gasteiger partial charge in [0.05, 0.1) is 12.7 Å². The van der Waals surface area contributed by atoms with E-state index in [1.54, 1.807) is 13.8 Å². The van der Waals surface area contributed by atoms with E-state index < -0.39 is 41.3 Å². The number of Topliss-reactive ketones (excluding diaryl/α,β-unsaturated/α-hetero) is 1. The van der Waals surface area contributed by atoms with Crippen LogP contribution >= 0.6 is 24.0 Å². The van der Waals surface area contributed by atoms with Crippen molar-refractivity contribution in [2.24, 2.45) is 0 Å². The molecule has 0 radical (unpaired) electrons. The zero-order chi connectivity index (χ0) is 40.1. The molecule has 0 saturated heterocycles. The summed E-state index contributed by atoms with van der Waals surface area (Å²) in [6, 6.07) is 2.18. The van der Waals surface area contributed by atoms with E-state index >= 15 is 0 Å². The molecule has 0 aromatic carbocycles. The number of hydrogen-bond acceptors (Lipinski definition) is 10. The highest BCUT2D eigenvalue weighted by Crippen LogP contribution is 2.31. The van der Waals surface area contributed by atoms with Gasteiger partial charge in [-0.3, -0.25) is 14.4 Å². The van der Waals surface area contributed by atoms with Gasteiger partial charge >= 0.3 is 11.9 Å². The van der Waals surface area contributed by atoms with Gasteiger partial charge in [0.2, 0.25) is 4.38 Å². The molecule has 0 heterocycles. The minimum Gasteiger partial charge on any atom is -0.479 e. The van der Waals surface area contributed by atoms with Crippen molar-refractivity contribution in [3.63, 3.8) is 0 Å². The molecule has 0 aliphatic rings. The highest BCUT2D eigenvalue weighted by atomic mass is 32.2. The summed E-state index contributed by atoms with van der Waals surface area (Å²) < 4.78 is 15.5. The summed E-state index contributed by atoms with van der Waals surface area (Å²) in [4.78, 5) is 38.5. The summed E-state index contributed by atoms with van der Waals surface area (Å²) in [6.45, 7) is 7.92. The van der Waals surface area contributed by atoms with Crippen LogP contribution in [0.5, 0.6) is 0 Å². The monoisotopic (exact) mass is 798 g/mol. The third-order valence-electron chi connectivity index (χ3n) is 10.00. The second-order valence-corrected chi connectivity index (χ2v) is 17.3. The van der Waals surface area contributed by atoms with Crippen LogP contribution in [0.1, 0.15) is 220 Å². The number of thiocarbonyl (C=S) groups is 1. The maximum Gasteiger partial charge on any atom is 0.306 e. The largest absolute Gasteiger partial charge is 0.479 e. The standard InChI is InChI=1S/C44H79NO7S2/c1-5-8-10-12-14-16-18-20-22-24-26-28-30-32-40(47)51-36-39(42(49)38(46)34-35-44(4,37-45)54-43(53)50-7-3)52-41(48)33-31-29-27-25-23-21-19-17-15-13-11-9-6-2/h39,42,49H,5-36H2,1-4H3. The molecule has 0 aromatic rings. The summed E-state index contributed by atoms with van der Waals surface area (Å²) in [5.41, 5.74) is 0. The smallest absolute Gasteiger partial charge is 0.306 e. The molecule has 0 aromatic heterocycles. The van der Waals surface area contributed by atoms with Crippen LogP contribution in [0.2, 0.25) is 0 Å². The Morgan fingerprint density at radius 3 is 1.41 bits per heavy atom. The lowest BCUT2D eigenvalue weighted by atomic mass is 9.99. The number of carbonyl (C=O) groups excluding carboxylic acids is 3. The van der Waals surface area contributed by atoms with Crippen LogP contribution in [0.15, 0.2) is 0 Å². The fraction of sp³-hybridized carbons (Fsp3) is 0.886. The zero-order valence-electron chi connectivity index (χ0n) is 34.9. The van der Waals surface area contributed by atoms with E-state index in [4.69, 9.17) is 26.4 Å². The lowest BCUT2D eigenvalue weighted by molar-refractivity contribution is -0.169. The molecule has 0 aliphatic carbocycles. The highest BCUT2D eigenvalue weighted by molar-refractivity contribution is 8.23. The van der Waals surface area contributed by atoms with Gasteiger partial charge in [-0.05, 0) is 45.3 Å². The van der Waals surface area contributed by atoms with Crippen LogP contribution in [0.25, 0.3) is 0 Å². The Kier molecular flexibility index (Phi) is 35.7.